The zero-order chi connectivity index (χ0) is 13.8. The fraction of sp³-hybridized carbons (Fsp3) is 0.462. The number of carbonyl (C=O) groups is 1. The van der Waals surface area contributed by atoms with E-state index in [0.717, 1.165) is 19.3 Å². The lowest BCUT2D eigenvalue weighted by Gasteiger charge is -2.18. The molecule has 1 aliphatic carbocycles. The predicted molar refractivity (Wildman–Crippen MR) is 66.2 cm³/mol. The number of nitrogens with two attached hydrogens (primary N) is 1. The lowest BCUT2D eigenvalue weighted by molar-refractivity contribution is -0.0501. The van der Waals surface area contributed by atoms with Crippen molar-refractivity contribution in [3.63, 3.8) is 0 Å². The molecule has 2 atom stereocenters. The van der Waals surface area contributed by atoms with Crippen LogP contribution in [0.3, 0.4) is 0 Å². The number of rotatable bonds is 4. The molecule has 2 rings (SSSR count). The normalized spacial score (nSPS) is 22.5. The van der Waals surface area contributed by atoms with Gasteiger partial charge in [0.2, 0.25) is 0 Å². The van der Waals surface area contributed by atoms with Crippen LogP contribution in [0.5, 0.6) is 5.75 Å². The average Bonchev–Trinajstić information content (AvgIpc) is 2.75. The van der Waals surface area contributed by atoms with Gasteiger partial charge in [-0.15, -0.1) is 0 Å². The highest BCUT2D eigenvalue weighted by atomic mass is 19.3. The van der Waals surface area contributed by atoms with Crippen LogP contribution < -0.4 is 15.8 Å². The second kappa shape index (κ2) is 5.97. The highest BCUT2D eigenvalue weighted by molar-refractivity contribution is 5.97. The zero-order valence-corrected chi connectivity index (χ0v) is 10.3. The number of amides is 1. The van der Waals surface area contributed by atoms with Gasteiger partial charge < -0.3 is 15.8 Å². The summed E-state index contributed by atoms with van der Waals surface area (Å²) in [5.74, 6) is -0.555. The molecule has 0 heterocycles. The number of hydrogen-bond acceptors (Lipinski definition) is 3. The quantitative estimate of drug-likeness (QED) is 0.878. The molecule has 0 aromatic heterocycles. The van der Waals surface area contributed by atoms with Crippen LogP contribution >= 0.6 is 0 Å². The number of para-hydroxylation sites is 1. The summed E-state index contributed by atoms with van der Waals surface area (Å²) in [6.07, 6.45) is 2.63. The lowest BCUT2D eigenvalue weighted by atomic mass is 10.1. The van der Waals surface area contributed by atoms with Crippen molar-refractivity contribution in [3.05, 3.63) is 29.8 Å². The Morgan fingerprint density at radius 3 is 2.74 bits per heavy atom. The SMILES string of the molecule is N[C@H]1CCC[C@@H]1NC(=O)c1ccccc1OC(F)F. The minimum Gasteiger partial charge on any atom is -0.434 e. The van der Waals surface area contributed by atoms with E-state index >= 15 is 0 Å². The first-order valence-corrected chi connectivity index (χ1v) is 6.18. The van der Waals surface area contributed by atoms with Crippen LogP contribution in [0.15, 0.2) is 24.3 Å². The molecule has 1 saturated carbocycles. The topological polar surface area (TPSA) is 64.3 Å². The third-order valence-electron chi connectivity index (χ3n) is 3.23. The molecule has 1 aliphatic rings. The molecule has 19 heavy (non-hydrogen) atoms. The van der Waals surface area contributed by atoms with Crippen molar-refractivity contribution < 1.29 is 18.3 Å². The van der Waals surface area contributed by atoms with Crippen LogP contribution in [0.1, 0.15) is 29.6 Å². The van der Waals surface area contributed by atoms with E-state index in [2.05, 4.69) is 10.1 Å². The van der Waals surface area contributed by atoms with Gasteiger partial charge in [-0.25, -0.2) is 0 Å². The first-order valence-electron chi connectivity index (χ1n) is 6.18. The summed E-state index contributed by atoms with van der Waals surface area (Å²) in [5.41, 5.74) is 5.96. The van der Waals surface area contributed by atoms with E-state index in [4.69, 9.17) is 5.73 Å². The fourth-order valence-electron chi connectivity index (χ4n) is 2.27. The Morgan fingerprint density at radius 1 is 1.37 bits per heavy atom. The van der Waals surface area contributed by atoms with E-state index < -0.39 is 12.5 Å². The van der Waals surface area contributed by atoms with Crippen LogP contribution in [-0.2, 0) is 0 Å². The van der Waals surface area contributed by atoms with E-state index in [0.29, 0.717) is 0 Å². The monoisotopic (exact) mass is 270 g/mol. The Bertz CT molecular complexity index is 454. The molecule has 3 N–H and O–H groups in total. The zero-order valence-electron chi connectivity index (χ0n) is 10.3. The summed E-state index contributed by atoms with van der Waals surface area (Å²) in [4.78, 5) is 12.1. The molecule has 0 spiro atoms. The lowest BCUT2D eigenvalue weighted by Crippen LogP contribution is -2.44. The molecule has 1 fully saturated rings. The van der Waals surface area contributed by atoms with Crippen molar-refractivity contribution in [2.75, 3.05) is 0 Å². The third-order valence-corrected chi connectivity index (χ3v) is 3.23. The van der Waals surface area contributed by atoms with Gasteiger partial charge in [-0.3, -0.25) is 4.79 Å². The van der Waals surface area contributed by atoms with Crippen LogP contribution in [-0.4, -0.2) is 24.6 Å². The van der Waals surface area contributed by atoms with Crippen molar-refractivity contribution in [3.8, 4) is 5.75 Å². The third kappa shape index (κ3) is 3.41. The summed E-state index contributed by atoms with van der Waals surface area (Å²) in [5, 5.41) is 2.77. The van der Waals surface area contributed by atoms with Gasteiger partial charge in [0.25, 0.3) is 5.91 Å². The van der Waals surface area contributed by atoms with E-state index in [1.807, 2.05) is 0 Å². The predicted octanol–water partition coefficient (Wildman–Crippen LogP) is 1.90. The molecule has 6 heteroatoms. The summed E-state index contributed by atoms with van der Waals surface area (Å²) < 4.78 is 28.8. The maximum atomic E-state index is 12.3. The van der Waals surface area contributed by atoms with Gasteiger partial charge >= 0.3 is 6.61 Å². The largest absolute Gasteiger partial charge is 0.434 e. The Kier molecular flexibility index (Phi) is 4.31. The van der Waals surface area contributed by atoms with Crippen LogP contribution in [0.4, 0.5) is 8.78 Å². The molecule has 0 aliphatic heterocycles. The minimum atomic E-state index is -2.96. The number of hydrogen-bond donors (Lipinski definition) is 2. The summed E-state index contributed by atoms with van der Waals surface area (Å²) in [6.45, 7) is -2.96. The Hall–Kier alpha value is -1.69. The smallest absolute Gasteiger partial charge is 0.387 e. The van der Waals surface area contributed by atoms with Gasteiger partial charge in [-0.1, -0.05) is 12.1 Å². The van der Waals surface area contributed by atoms with Gasteiger partial charge in [0.1, 0.15) is 5.75 Å². The van der Waals surface area contributed by atoms with Gasteiger partial charge in [-0.05, 0) is 31.4 Å². The van der Waals surface area contributed by atoms with Crippen molar-refractivity contribution in [1.29, 1.82) is 0 Å². The Labute approximate surface area is 109 Å². The molecule has 0 saturated heterocycles. The van der Waals surface area contributed by atoms with Gasteiger partial charge in [0.05, 0.1) is 5.56 Å². The molecular formula is C13H16F2N2O2. The Balaban J connectivity index is 2.10. The van der Waals surface area contributed by atoms with Gasteiger partial charge in [0, 0.05) is 12.1 Å². The van der Waals surface area contributed by atoms with Crippen LogP contribution in [0.25, 0.3) is 0 Å². The van der Waals surface area contributed by atoms with Crippen LogP contribution in [0, 0.1) is 0 Å². The molecule has 0 unspecified atom stereocenters. The minimum absolute atomic E-state index is 0.0767. The molecule has 1 amide bonds. The fourth-order valence-corrected chi connectivity index (χ4v) is 2.27. The number of carbonyl (C=O) groups excluding carboxylic acids is 1. The number of alkyl halides is 2. The molecule has 1 aromatic carbocycles. The van der Waals surface area contributed by atoms with E-state index in [9.17, 15) is 13.6 Å². The van der Waals surface area contributed by atoms with Gasteiger partial charge in [-0.2, -0.15) is 8.78 Å². The highest BCUT2D eigenvalue weighted by Crippen LogP contribution is 2.22. The molecule has 0 radical (unpaired) electrons. The summed E-state index contributed by atoms with van der Waals surface area (Å²) >= 11 is 0. The highest BCUT2D eigenvalue weighted by Gasteiger charge is 2.26. The second-order valence-electron chi connectivity index (χ2n) is 4.55. The number of halogens is 2. The van der Waals surface area contributed by atoms with Crippen LogP contribution in [0.2, 0.25) is 0 Å². The Morgan fingerprint density at radius 2 is 2.11 bits per heavy atom. The summed E-state index contributed by atoms with van der Waals surface area (Å²) in [7, 11) is 0. The van der Waals surface area contributed by atoms with Crippen molar-refractivity contribution in [2.45, 2.75) is 38.0 Å². The number of nitrogens with one attached hydrogen (secondary N) is 1. The maximum Gasteiger partial charge on any atom is 0.387 e. The van der Waals surface area contributed by atoms with E-state index in [1.54, 1.807) is 6.07 Å². The van der Waals surface area contributed by atoms with Crippen molar-refractivity contribution in [1.82, 2.24) is 5.32 Å². The molecule has 0 bridgehead atoms. The van der Waals surface area contributed by atoms with E-state index in [1.165, 1.54) is 18.2 Å². The van der Waals surface area contributed by atoms with Gasteiger partial charge in [0.15, 0.2) is 0 Å². The average molecular weight is 270 g/mol. The van der Waals surface area contributed by atoms with Crippen molar-refractivity contribution >= 4 is 5.91 Å². The summed E-state index contributed by atoms with van der Waals surface area (Å²) in [6, 6.07) is 5.75. The molecule has 4 nitrogen and oxygen atoms in total. The first kappa shape index (κ1) is 13.7. The number of benzene rings is 1. The number of ether oxygens (including phenoxy) is 1. The molecular weight excluding hydrogens is 254 g/mol. The maximum absolute atomic E-state index is 12.3. The molecule has 1 aromatic rings. The standard InChI is InChI=1S/C13H16F2N2O2/c14-13(15)19-11-7-2-1-4-8(11)12(18)17-10-6-3-5-9(10)16/h1-2,4,7,9-10,13H,3,5-6,16H2,(H,17,18)/t9-,10-/m0/s1. The second-order valence-corrected chi connectivity index (χ2v) is 4.55. The van der Waals surface area contributed by atoms with E-state index in [-0.39, 0.29) is 23.4 Å². The van der Waals surface area contributed by atoms with Crippen molar-refractivity contribution in [2.24, 2.45) is 5.73 Å². The molecule has 104 valence electrons. The first-order chi connectivity index (χ1) is 9.08.